The van der Waals surface area contributed by atoms with E-state index in [1.165, 1.54) is 17.5 Å². The summed E-state index contributed by atoms with van der Waals surface area (Å²) in [6, 6.07) is 12.4. The Bertz CT molecular complexity index is 866. The minimum absolute atomic E-state index is 0.00801. The van der Waals surface area contributed by atoms with Gasteiger partial charge >= 0.3 is 5.97 Å². The van der Waals surface area contributed by atoms with Gasteiger partial charge in [-0.25, -0.2) is 9.18 Å². The maximum absolute atomic E-state index is 14.4. The summed E-state index contributed by atoms with van der Waals surface area (Å²) in [7, 11) is 0. The molecule has 154 valence electrons. The maximum atomic E-state index is 14.4. The third kappa shape index (κ3) is 4.09. The number of aliphatic hydroxyl groups is 1. The smallest absolute Gasteiger partial charge is 0.341 e. The van der Waals surface area contributed by atoms with E-state index in [0.717, 1.165) is 32.1 Å². The van der Waals surface area contributed by atoms with Crippen LogP contribution in [0.1, 0.15) is 77.6 Å². The molecule has 1 N–H and O–H groups in total. The minimum Gasteiger partial charge on any atom is -0.458 e. The average molecular weight is 397 g/mol. The lowest BCUT2D eigenvalue weighted by Crippen LogP contribution is -2.36. The van der Waals surface area contributed by atoms with E-state index in [9.17, 15) is 14.3 Å². The molecule has 1 saturated carbocycles. The Hall–Kier alpha value is -2.20. The number of esters is 1. The van der Waals surface area contributed by atoms with Crippen LogP contribution in [-0.4, -0.2) is 17.2 Å². The van der Waals surface area contributed by atoms with Crippen LogP contribution < -0.4 is 0 Å². The molecule has 0 spiro atoms. The van der Waals surface area contributed by atoms with Crippen molar-refractivity contribution in [3.8, 4) is 0 Å². The molecule has 4 heteroatoms. The summed E-state index contributed by atoms with van der Waals surface area (Å²) in [5.41, 5.74) is 3.66. The summed E-state index contributed by atoms with van der Waals surface area (Å²) < 4.78 is 20.1. The second-order valence-electron chi connectivity index (χ2n) is 8.48. The van der Waals surface area contributed by atoms with Gasteiger partial charge in [0, 0.05) is 12.0 Å². The van der Waals surface area contributed by atoms with E-state index < -0.39 is 18.4 Å². The molecule has 1 aliphatic heterocycles. The first-order chi connectivity index (χ1) is 14.1. The topological polar surface area (TPSA) is 46.5 Å². The zero-order chi connectivity index (χ0) is 20.4. The Morgan fingerprint density at radius 1 is 1.07 bits per heavy atom. The molecule has 1 unspecified atom stereocenters. The van der Waals surface area contributed by atoms with Gasteiger partial charge in [-0.1, -0.05) is 49.7 Å². The van der Waals surface area contributed by atoms with Gasteiger partial charge < -0.3 is 9.84 Å². The van der Waals surface area contributed by atoms with Crippen LogP contribution in [0.25, 0.3) is 0 Å². The lowest BCUT2D eigenvalue weighted by Gasteiger charge is -2.36. The highest BCUT2D eigenvalue weighted by Gasteiger charge is 2.36. The van der Waals surface area contributed by atoms with Crippen molar-refractivity contribution >= 4 is 5.97 Å². The lowest BCUT2D eigenvalue weighted by atomic mass is 9.75. The van der Waals surface area contributed by atoms with Crippen LogP contribution in [0, 0.1) is 11.7 Å². The van der Waals surface area contributed by atoms with Gasteiger partial charge in [0.1, 0.15) is 11.9 Å². The highest BCUT2D eigenvalue weighted by molar-refractivity contribution is 5.92. The fourth-order valence-electron chi connectivity index (χ4n) is 4.96. The van der Waals surface area contributed by atoms with Crippen LogP contribution in [0.5, 0.6) is 0 Å². The van der Waals surface area contributed by atoms with Gasteiger partial charge in [0.15, 0.2) is 0 Å². The predicted molar refractivity (Wildman–Crippen MR) is 110 cm³/mol. The van der Waals surface area contributed by atoms with Gasteiger partial charge in [0.25, 0.3) is 0 Å². The van der Waals surface area contributed by atoms with Crippen molar-refractivity contribution in [3.63, 3.8) is 0 Å². The van der Waals surface area contributed by atoms with Crippen molar-refractivity contribution in [2.45, 2.75) is 70.5 Å². The third-order valence-electron chi connectivity index (χ3n) is 6.65. The molecule has 4 rings (SSSR count). The zero-order valence-corrected chi connectivity index (χ0v) is 17.0. The van der Waals surface area contributed by atoms with E-state index in [-0.39, 0.29) is 17.2 Å². The number of fused-ring (bicyclic) bond motifs is 1. The predicted octanol–water partition coefficient (Wildman–Crippen LogP) is 5.33. The van der Waals surface area contributed by atoms with Gasteiger partial charge in [-0.05, 0) is 60.6 Å². The molecule has 2 aromatic carbocycles. The number of rotatable bonds is 5. The van der Waals surface area contributed by atoms with Crippen molar-refractivity contribution in [1.29, 1.82) is 0 Å². The fourth-order valence-corrected chi connectivity index (χ4v) is 4.96. The molecule has 2 aromatic rings. The summed E-state index contributed by atoms with van der Waals surface area (Å²) in [6.07, 6.45) is 6.90. The Kier molecular flexibility index (Phi) is 6.00. The molecule has 2 aliphatic rings. The molecule has 1 heterocycles. The quantitative estimate of drug-likeness (QED) is 0.695. The molecular weight excluding hydrogens is 367 g/mol. The number of cyclic esters (lactones) is 1. The first kappa shape index (κ1) is 20.1. The standard InChI is InChI=1S/C25H29FO3/c1-2-3-16-4-6-17(7-5-16)18-8-10-19(11-9-18)22-14-20-12-13-21(15-27)24(26)23(20)25(28)29-22/h4-7,12-13,18-19,22,27H,2-3,8-11,14-15H2,1H3. The molecule has 0 radical (unpaired) electrons. The van der Waals surface area contributed by atoms with E-state index in [2.05, 4.69) is 31.2 Å². The van der Waals surface area contributed by atoms with E-state index in [1.807, 2.05) is 0 Å². The molecule has 3 nitrogen and oxygen atoms in total. The molecule has 0 aromatic heterocycles. The number of ether oxygens (including phenoxy) is 1. The molecule has 1 fully saturated rings. The third-order valence-corrected chi connectivity index (χ3v) is 6.65. The van der Waals surface area contributed by atoms with Crippen molar-refractivity contribution in [3.05, 3.63) is 70.0 Å². The summed E-state index contributed by atoms with van der Waals surface area (Å²) in [5, 5.41) is 9.23. The van der Waals surface area contributed by atoms with Gasteiger partial charge in [0.05, 0.1) is 12.2 Å². The number of halogens is 1. The normalized spacial score (nSPS) is 24.1. The van der Waals surface area contributed by atoms with E-state index in [0.29, 0.717) is 23.8 Å². The summed E-state index contributed by atoms with van der Waals surface area (Å²) in [4.78, 5) is 12.5. The number of hydrogen-bond acceptors (Lipinski definition) is 3. The van der Waals surface area contributed by atoms with Gasteiger partial charge in [-0.3, -0.25) is 0 Å². The molecule has 29 heavy (non-hydrogen) atoms. The Labute approximate surface area is 171 Å². The summed E-state index contributed by atoms with van der Waals surface area (Å²) >= 11 is 0. The van der Waals surface area contributed by atoms with E-state index >= 15 is 0 Å². The minimum atomic E-state index is -0.635. The van der Waals surface area contributed by atoms with Gasteiger partial charge in [0.2, 0.25) is 0 Å². The van der Waals surface area contributed by atoms with Gasteiger partial charge in [-0.15, -0.1) is 0 Å². The number of carbonyl (C=O) groups excluding carboxylic acids is 1. The number of carbonyl (C=O) groups is 1. The van der Waals surface area contributed by atoms with Crippen molar-refractivity contribution in [2.24, 2.45) is 5.92 Å². The molecule has 1 atom stereocenters. The SMILES string of the molecule is CCCc1ccc(C2CCC(C3Cc4ccc(CO)c(F)c4C(=O)O3)CC2)cc1. The number of hydrogen-bond donors (Lipinski definition) is 1. The number of benzene rings is 2. The Morgan fingerprint density at radius 3 is 2.45 bits per heavy atom. The van der Waals surface area contributed by atoms with E-state index in [4.69, 9.17) is 4.74 Å². The summed E-state index contributed by atoms with van der Waals surface area (Å²) in [5.74, 6) is -0.331. The number of aryl methyl sites for hydroxylation is 1. The average Bonchev–Trinajstić information content (AvgIpc) is 2.74. The van der Waals surface area contributed by atoms with Crippen molar-refractivity contribution in [1.82, 2.24) is 0 Å². The molecule has 0 bridgehead atoms. The second kappa shape index (κ2) is 8.66. The number of aliphatic hydroxyl groups excluding tert-OH is 1. The lowest BCUT2D eigenvalue weighted by molar-refractivity contribution is 0.00108. The van der Waals surface area contributed by atoms with Crippen LogP contribution >= 0.6 is 0 Å². The van der Waals surface area contributed by atoms with Gasteiger partial charge in [-0.2, -0.15) is 0 Å². The van der Waals surface area contributed by atoms with Crippen LogP contribution in [0.4, 0.5) is 4.39 Å². The fraction of sp³-hybridized carbons (Fsp3) is 0.480. The maximum Gasteiger partial charge on any atom is 0.341 e. The monoisotopic (exact) mass is 396 g/mol. The highest BCUT2D eigenvalue weighted by atomic mass is 19.1. The van der Waals surface area contributed by atoms with Crippen LogP contribution in [0.3, 0.4) is 0 Å². The van der Waals surface area contributed by atoms with Crippen molar-refractivity contribution in [2.75, 3.05) is 0 Å². The highest BCUT2D eigenvalue weighted by Crippen LogP contribution is 2.40. The van der Waals surface area contributed by atoms with Crippen LogP contribution in [0.15, 0.2) is 36.4 Å². The van der Waals surface area contributed by atoms with Crippen LogP contribution in [-0.2, 0) is 24.2 Å². The van der Waals surface area contributed by atoms with Crippen LogP contribution in [0.2, 0.25) is 0 Å². The Morgan fingerprint density at radius 2 is 1.79 bits per heavy atom. The zero-order valence-electron chi connectivity index (χ0n) is 17.0. The molecule has 0 saturated heterocycles. The summed E-state index contributed by atoms with van der Waals surface area (Å²) in [6.45, 7) is 1.78. The van der Waals surface area contributed by atoms with E-state index in [1.54, 1.807) is 12.1 Å². The molecule has 1 aliphatic carbocycles. The second-order valence-corrected chi connectivity index (χ2v) is 8.48. The first-order valence-electron chi connectivity index (χ1n) is 10.8. The largest absolute Gasteiger partial charge is 0.458 e. The van der Waals surface area contributed by atoms with Crippen molar-refractivity contribution < 1.29 is 19.0 Å². The molecule has 0 amide bonds. The first-order valence-corrected chi connectivity index (χ1v) is 10.8. The molecular formula is C25H29FO3. The Balaban J connectivity index is 1.40.